The van der Waals surface area contributed by atoms with Gasteiger partial charge in [0.1, 0.15) is 11.6 Å². The van der Waals surface area contributed by atoms with E-state index in [4.69, 9.17) is 27.9 Å². The van der Waals surface area contributed by atoms with Gasteiger partial charge in [0.2, 0.25) is 10.0 Å². The average Bonchev–Trinajstić information content (AvgIpc) is 3.28. The molecule has 0 aliphatic carbocycles. The number of hydrogen-bond donors (Lipinski definition) is 0. The van der Waals surface area contributed by atoms with Crippen LogP contribution in [0.1, 0.15) is 28.8 Å². The minimum atomic E-state index is -3.73. The SMILES string of the molecule is COc1ccc(S(=O)(=O)N2CCN(CCc3ccc(Cl)cc3)CC2)cc1N1[C@@H]2CC[C@H]1CN(C(=O)c1ccc(F)cc1Cl)C2. The molecule has 3 aliphatic heterocycles. The van der Waals surface area contributed by atoms with Gasteiger partial charge in [0.05, 0.1) is 28.3 Å². The Morgan fingerprint density at radius 3 is 2.25 bits per heavy atom. The summed E-state index contributed by atoms with van der Waals surface area (Å²) in [6.45, 7) is 3.90. The lowest BCUT2D eigenvalue weighted by Crippen LogP contribution is -2.55. The number of rotatable bonds is 8. The zero-order valence-corrected chi connectivity index (χ0v) is 26.8. The molecule has 44 heavy (non-hydrogen) atoms. The summed E-state index contributed by atoms with van der Waals surface area (Å²) in [5, 5.41) is 0.804. The predicted octanol–water partition coefficient (Wildman–Crippen LogP) is 5.18. The molecule has 234 valence electrons. The normalized spacial score (nSPS) is 21.1. The van der Waals surface area contributed by atoms with Crippen molar-refractivity contribution in [3.8, 4) is 5.75 Å². The topological polar surface area (TPSA) is 73.4 Å². The fraction of sp³-hybridized carbons (Fsp3) is 0.406. The number of benzene rings is 3. The van der Waals surface area contributed by atoms with Crippen LogP contribution in [0.5, 0.6) is 5.75 Å². The fourth-order valence-electron chi connectivity index (χ4n) is 6.61. The molecule has 3 heterocycles. The van der Waals surface area contributed by atoms with Gasteiger partial charge in [-0.3, -0.25) is 4.79 Å². The van der Waals surface area contributed by atoms with Gasteiger partial charge in [-0.2, -0.15) is 4.31 Å². The smallest absolute Gasteiger partial charge is 0.255 e. The van der Waals surface area contributed by atoms with Gasteiger partial charge in [-0.15, -0.1) is 0 Å². The van der Waals surface area contributed by atoms with Gasteiger partial charge in [-0.05, 0) is 73.4 Å². The Kier molecular flexibility index (Phi) is 9.08. The van der Waals surface area contributed by atoms with E-state index in [1.807, 2.05) is 24.3 Å². The molecular weight excluding hydrogens is 626 g/mol. The summed E-state index contributed by atoms with van der Waals surface area (Å²) >= 11 is 12.2. The maximum Gasteiger partial charge on any atom is 0.255 e. The highest BCUT2D eigenvalue weighted by Gasteiger charge is 2.43. The van der Waals surface area contributed by atoms with Crippen LogP contribution in [0.4, 0.5) is 10.1 Å². The minimum absolute atomic E-state index is 0.0204. The van der Waals surface area contributed by atoms with Crippen LogP contribution < -0.4 is 9.64 Å². The Morgan fingerprint density at radius 2 is 1.61 bits per heavy atom. The molecule has 0 saturated carbocycles. The average molecular weight is 662 g/mol. The van der Waals surface area contributed by atoms with Crippen LogP contribution in [-0.2, 0) is 16.4 Å². The molecule has 0 spiro atoms. The second-order valence-electron chi connectivity index (χ2n) is 11.6. The third-order valence-corrected chi connectivity index (χ3v) is 11.4. The summed E-state index contributed by atoms with van der Waals surface area (Å²) in [7, 11) is -2.15. The van der Waals surface area contributed by atoms with Crippen molar-refractivity contribution >= 4 is 44.8 Å². The number of halogens is 3. The first kappa shape index (κ1) is 31.1. The number of methoxy groups -OCH3 is 1. The second kappa shape index (κ2) is 12.8. The molecular formula is C32H35Cl2FN4O4S. The fourth-order valence-corrected chi connectivity index (χ4v) is 8.43. The van der Waals surface area contributed by atoms with E-state index in [9.17, 15) is 17.6 Å². The number of piperazine rings is 2. The van der Waals surface area contributed by atoms with Gasteiger partial charge in [-0.1, -0.05) is 35.3 Å². The van der Waals surface area contributed by atoms with Gasteiger partial charge in [0.15, 0.2) is 0 Å². The lowest BCUT2D eigenvalue weighted by atomic mass is 10.1. The molecule has 0 radical (unpaired) electrons. The third-order valence-electron chi connectivity index (χ3n) is 8.96. The molecule has 12 heteroatoms. The Balaban J connectivity index is 1.14. The zero-order chi connectivity index (χ0) is 31.0. The Labute approximate surface area is 267 Å². The number of anilines is 1. The second-order valence-corrected chi connectivity index (χ2v) is 14.4. The number of likely N-dealkylation sites (tertiary alicyclic amines) is 1. The van der Waals surface area contributed by atoms with Crippen molar-refractivity contribution in [1.82, 2.24) is 14.1 Å². The molecule has 2 atom stereocenters. The summed E-state index contributed by atoms with van der Waals surface area (Å²) in [4.78, 5) is 19.8. The number of carbonyl (C=O) groups is 1. The van der Waals surface area contributed by atoms with Gasteiger partial charge in [-0.25, -0.2) is 12.8 Å². The Hall–Kier alpha value is -2.89. The van der Waals surface area contributed by atoms with E-state index in [1.165, 1.54) is 17.7 Å². The van der Waals surface area contributed by atoms with Crippen LogP contribution in [-0.4, -0.2) is 93.4 Å². The number of ether oxygens (including phenoxy) is 1. The lowest BCUT2D eigenvalue weighted by molar-refractivity contribution is 0.0718. The summed E-state index contributed by atoms with van der Waals surface area (Å²) in [5.41, 5.74) is 2.19. The van der Waals surface area contributed by atoms with E-state index >= 15 is 0 Å². The van der Waals surface area contributed by atoms with E-state index < -0.39 is 15.8 Å². The van der Waals surface area contributed by atoms with Gasteiger partial charge in [0.25, 0.3) is 5.91 Å². The standard InChI is InChI=1S/C32H35Cl2FN4O4S/c1-43-31-11-9-27(44(41,42)38-16-14-36(15-17-38)13-12-22-2-4-23(33)5-3-22)19-30(31)39-25-7-8-26(39)21-37(20-25)32(40)28-10-6-24(35)18-29(28)34/h2-6,9-11,18-19,25-26H,7-8,12-17,20-21H2,1H3/t25-,26+. The van der Waals surface area contributed by atoms with E-state index in [2.05, 4.69) is 9.80 Å². The molecule has 0 aromatic heterocycles. The summed E-state index contributed by atoms with van der Waals surface area (Å²) in [6, 6.07) is 16.7. The van der Waals surface area contributed by atoms with Crippen LogP contribution in [0.3, 0.4) is 0 Å². The minimum Gasteiger partial charge on any atom is -0.495 e. The van der Waals surface area contributed by atoms with Crippen molar-refractivity contribution in [2.45, 2.75) is 36.2 Å². The van der Waals surface area contributed by atoms with Crippen molar-refractivity contribution in [2.75, 3.05) is 57.8 Å². The molecule has 6 rings (SSSR count). The number of fused-ring (bicyclic) bond motifs is 2. The molecule has 8 nitrogen and oxygen atoms in total. The molecule has 3 fully saturated rings. The predicted molar refractivity (Wildman–Crippen MR) is 170 cm³/mol. The quantitative estimate of drug-likeness (QED) is 0.332. The van der Waals surface area contributed by atoms with Crippen molar-refractivity contribution in [3.63, 3.8) is 0 Å². The first-order valence-electron chi connectivity index (χ1n) is 14.8. The summed E-state index contributed by atoms with van der Waals surface area (Å²) in [5.74, 6) is -0.134. The van der Waals surface area contributed by atoms with Crippen molar-refractivity contribution in [2.24, 2.45) is 0 Å². The van der Waals surface area contributed by atoms with Crippen LogP contribution in [0.2, 0.25) is 10.0 Å². The molecule has 1 amide bonds. The van der Waals surface area contributed by atoms with E-state index in [1.54, 1.807) is 34.5 Å². The van der Waals surface area contributed by atoms with Crippen molar-refractivity contribution < 1.29 is 22.3 Å². The van der Waals surface area contributed by atoms with Crippen molar-refractivity contribution in [1.29, 1.82) is 0 Å². The lowest BCUT2D eigenvalue weighted by Gasteiger charge is -2.43. The highest BCUT2D eigenvalue weighted by Crippen LogP contribution is 2.41. The number of amides is 1. The molecule has 3 aliphatic rings. The van der Waals surface area contributed by atoms with Crippen LogP contribution >= 0.6 is 23.2 Å². The zero-order valence-electron chi connectivity index (χ0n) is 24.5. The summed E-state index contributed by atoms with van der Waals surface area (Å²) < 4.78 is 48.5. The molecule has 0 unspecified atom stereocenters. The molecule has 3 saturated heterocycles. The number of hydrogen-bond acceptors (Lipinski definition) is 6. The van der Waals surface area contributed by atoms with Crippen molar-refractivity contribution in [3.05, 3.63) is 87.7 Å². The maximum atomic E-state index is 13.8. The van der Waals surface area contributed by atoms with Gasteiger partial charge < -0.3 is 19.4 Å². The first-order chi connectivity index (χ1) is 21.1. The summed E-state index contributed by atoms with van der Waals surface area (Å²) in [6.07, 6.45) is 2.58. The third kappa shape index (κ3) is 6.28. The highest BCUT2D eigenvalue weighted by atomic mass is 35.5. The maximum absolute atomic E-state index is 13.8. The Bertz CT molecular complexity index is 1620. The molecule has 3 aromatic rings. The van der Waals surface area contributed by atoms with Gasteiger partial charge in [0, 0.05) is 62.9 Å². The van der Waals surface area contributed by atoms with Crippen LogP contribution in [0.15, 0.2) is 65.6 Å². The van der Waals surface area contributed by atoms with E-state index in [0.717, 1.165) is 37.6 Å². The van der Waals surface area contributed by atoms with Crippen LogP contribution in [0.25, 0.3) is 0 Å². The van der Waals surface area contributed by atoms with E-state index in [0.29, 0.717) is 50.0 Å². The molecule has 3 aromatic carbocycles. The largest absolute Gasteiger partial charge is 0.495 e. The van der Waals surface area contributed by atoms with Crippen LogP contribution in [0, 0.1) is 5.82 Å². The Morgan fingerprint density at radius 1 is 0.932 bits per heavy atom. The monoisotopic (exact) mass is 660 g/mol. The molecule has 2 bridgehead atoms. The first-order valence-corrected chi connectivity index (χ1v) is 17.0. The number of carbonyl (C=O) groups excluding carboxylic acids is 1. The molecule has 0 N–H and O–H groups in total. The highest BCUT2D eigenvalue weighted by molar-refractivity contribution is 7.89. The number of sulfonamides is 1. The number of nitrogens with zero attached hydrogens (tertiary/aromatic N) is 4. The van der Waals surface area contributed by atoms with Gasteiger partial charge >= 0.3 is 0 Å². The van der Waals surface area contributed by atoms with E-state index in [-0.39, 0.29) is 33.5 Å².